The molecule has 1 aromatic heterocycles. The molecule has 0 atom stereocenters. The minimum atomic E-state index is 0.108. The van der Waals surface area contributed by atoms with Crippen LogP contribution in [0.5, 0.6) is 11.8 Å². The van der Waals surface area contributed by atoms with Gasteiger partial charge in [0.1, 0.15) is 17.5 Å². The fraction of sp³-hybridized carbons (Fsp3) is 0.0833. The topological polar surface area (TPSA) is 58.8 Å². The minimum absolute atomic E-state index is 0.108. The Labute approximate surface area is 103 Å². The molecule has 5 heteroatoms. The molecule has 0 spiro atoms. The number of nitrogens with zero attached hydrogens (tertiary/aromatic N) is 3. The highest BCUT2D eigenvalue weighted by atomic mass is 35.5. The van der Waals surface area contributed by atoms with Gasteiger partial charge in [-0.2, -0.15) is 10.2 Å². The van der Waals surface area contributed by atoms with Gasteiger partial charge in [-0.15, -0.1) is 0 Å². The standard InChI is InChI=1S/C12H8ClN3O/c1-8-2-3-10(13)11(6-8)17-12-15-5-4-9(7-14)16-12/h2-6H,1H3. The monoisotopic (exact) mass is 245 g/mol. The van der Waals surface area contributed by atoms with Crippen molar-refractivity contribution in [3.8, 4) is 17.8 Å². The Kier molecular flexibility index (Phi) is 3.22. The van der Waals surface area contributed by atoms with E-state index in [1.54, 1.807) is 12.1 Å². The number of aromatic nitrogens is 2. The average Bonchev–Trinajstić information content (AvgIpc) is 2.34. The molecule has 0 fully saturated rings. The van der Waals surface area contributed by atoms with Crippen molar-refractivity contribution in [3.05, 3.63) is 46.7 Å². The van der Waals surface area contributed by atoms with E-state index < -0.39 is 0 Å². The first kappa shape index (κ1) is 11.4. The van der Waals surface area contributed by atoms with E-state index in [2.05, 4.69) is 9.97 Å². The summed E-state index contributed by atoms with van der Waals surface area (Å²) in [4.78, 5) is 7.81. The molecule has 0 radical (unpaired) electrons. The lowest BCUT2D eigenvalue weighted by molar-refractivity contribution is 0.441. The van der Waals surface area contributed by atoms with Gasteiger partial charge in [0.15, 0.2) is 0 Å². The first-order chi connectivity index (χ1) is 8.19. The normalized spacial score (nSPS) is 9.71. The van der Waals surface area contributed by atoms with Crippen molar-refractivity contribution < 1.29 is 4.74 Å². The van der Waals surface area contributed by atoms with E-state index in [1.165, 1.54) is 12.3 Å². The van der Waals surface area contributed by atoms with E-state index >= 15 is 0 Å². The zero-order valence-electron chi connectivity index (χ0n) is 9.01. The zero-order chi connectivity index (χ0) is 12.3. The van der Waals surface area contributed by atoms with Crippen LogP contribution in [-0.4, -0.2) is 9.97 Å². The molecule has 4 nitrogen and oxygen atoms in total. The Morgan fingerprint density at radius 2 is 2.18 bits per heavy atom. The maximum Gasteiger partial charge on any atom is 0.323 e. The SMILES string of the molecule is Cc1ccc(Cl)c(Oc2nccc(C#N)n2)c1. The van der Waals surface area contributed by atoms with Gasteiger partial charge in [-0.3, -0.25) is 0 Å². The largest absolute Gasteiger partial charge is 0.423 e. The van der Waals surface area contributed by atoms with Gasteiger partial charge in [0.2, 0.25) is 0 Å². The van der Waals surface area contributed by atoms with Crippen LogP contribution in [0.15, 0.2) is 30.5 Å². The Hall–Kier alpha value is -2.12. The summed E-state index contributed by atoms with van der Waals surface area (Å²) in [7, 11) is 0. The highest BCUT2D eigenvalue weighted by Crippen LogP contribution is 2.28. The fourth-order valence-corrected chi connectivity index (χ4v) is 1.40. The highest BCUT2D eigenvalue weighted by Gasteiger charge is 2.06. The highest BCUT2D eigenvalue weighted by molar-refractivity contribution is 6.32. The second-order valence-electron chi connectivity index (χ2n) is 3.37. The summed E-state index contributed by atoms with van der Waals surface area (Å²) in [6.45, 7) is 1.93. The molecule has 1 aromatic carbocycles. The molecule has 2 rings (SSSR count). The van der Waals surface area contributed by atoms with E-state index in [-0.39, 0.29) is 11.7 Å². The number of hydrogen-bond donors (Lipinski definition) is 0. The van der Waals surface area contributed by atoms with Gasteiger partial charge in [-0.05, 0) is 30.7 Å². The maximum absolute atomic E-state index is 8.70. The molecular weight excluding hydrogens is 238 g/mol. The van der Waals surface area contributed by atoms with Crippen molar-refractivity contribution in [2.75, 3.05) is 0 Å². The van der Waals surface area contributed by atoms with Crippen molar-refractivity contribution in [2.24, 2.45) is 0 Å². The molecule has 0 saturated carbocycles. The second kappa shape index (κ2) is 4.81. The maximum atomic E-state index is 8.70. The summed E-state index contributed by atoms with van der Waals surface area (Å²) in [5.41, 5.74) is 1.26. The summed E-state index contributed by atoms with van der Waals surface area (Å²) in [6.07, 6.45) is 1.46. The summed E-state index contributed by atoms with van der Waals surface area (Å²) in [5, 5.41) is 9.18. The molecule has 84 valence electrons. The molecule has 0 aliphatic rings. The van der Waals surface area contributed by atoms with Gasteiger partial charge < -0.3 is 4.74 Å². The van der Waals surface area contributed by atoms with E-state index in [0.717, 1.165) is 5.56 Å². The van der Waals surface area contributed by atoms with Gasteiger partial charge in [-0.1, -0.05) is 17.7 Å². The lowest BCUT2D eigenvalue weighted by atomic mass is 10.2. The van der Waals surface area contributed by atoms with Crippen molar-refractivity contribution >= 4 is 11.6 Å². The number of hydrogen-bond acceptors (Lipinski definition) is 4. The van der Waals surface area contributed by atoms with E-state index in [4.69, 9.17) is 21.6 Å². The molecule has 0 aliphatic heterocycles. The van der Waals surface area contributed by atoms with Crippen LogP contribution in [0.3, 0.4) is 0 Å². The lowest BCUT2D eigenvalue weighted by Gasteiger charge is -2.06. The third-order valence-corrected chi connectivity index (χ3v) is 2.35. The van der Waals surface area contributed by atoms with Gasteiger partial charge in [0.05, 0.1) is 5.02 Å². The zero-order valence-corrected chi connectivity index (χ0v) is 9.77. The molecule has 0 amide bonds. The van der Waals surface area contributed by atoms with E-state index in [0.29, 0.717) is 10.8 Å². The van der Waals surface area contributed by atoms with Crippen molar-refractivity contribution in [2.45, 2.75) is 6.92 Å². The van der Waals surface area contributed by atoms with Gasteiger partial charge >= 0.3 is 6.01 Å². The smallest absolute Gasteiger partial charge is 0.323 e. The number of benzene rings is 1. The molecular formula is C12H8ClN3O. The molecule has 17 heavy (non-hydrogen) atoms. The number of halogens is 1. The van der Waals surface area contributed by atoms with Crippen LogP contribution in [0, 0.1) is 18.3 Å². The van der Waals surface area contributed by atoms with Gasteiger partial charge in [-0.25, -0.2) is 4.98 Å². The van der Waals surface area contributed by atoms with Crippen molar-refractivity contribution in [1.82, 2.24) is 9.97 Å². The summed E-state index contributed by atoms with van der Waals surface area (Å²) < 4.78 is 5.43. The Morgan fingerprint density at radius 3 is 2.94 bits per heavy atom. The molecule has 0 N–H and O–H groups in total. The quantitative estimate of drug-likeness (QED) is 0.816. The molecule has 0 unspecified atom stereocenters. The van der Waals surface area contributed by atoms with E-state index in [1.807, 2.05) is 19.1 Å². The first-order valence-electron chi connectivity index (χ1n) is 4.86. The molecule has 0 aliphatic carbocycles. The summed E-state index contributed by atoms with van der Waals surface area (Å²) in [6, 6.07) is 8.92. The number of nitriles is 1. The first-order valence-corrected chi connectivity index (χ1v) is 5.24. The second-order valence-corrected chi connectivity index (χ2v) is 3.78. The van der Waals surface area contributed by atoms with Crippen LogP contribution in [0.1, 0.15) is 11.3 Å². The van der Waals surface area contributed by atoms with Gasteiger partial charge in [0.25, 0.3) is 0 Å². The number of aryl methyl sites for hydroxylation is 1. The fourth-order valence-electron chi connectivity index (χ4n) is 1.24. The van der Waals surface area contributed by atoms with Crippen LogP contribution >= 0.6 is 11.6 Å². The number of ether oxygens (including phenoxy) is 1. The Bertz CT molecular complexity index is 593. The van der Waals surface area contributed by atoms with Crippen molar-refractivity contribution in [1.29, 1.82) is 5.26 Å². The molecule has 0 bridgehead atoms. The predicted molar refractivity (Wildman–Crippen MR) is 63.0 cm³/mol. The molecule has 0 saturated heterocycles. The summed E-state index contributed by atoms with van der Waals surface area (Å²) >= 11 is 5.97. The molecule has 1 heterocycles. The number of rotatable bonds is 2. The van der Waals surface area contributed by atoms with Crippen LogP contribution < -0.4 is 4.74 Å². The van der Waals surface area contributed by atoms with Crippen LogP contribution in [-0.2, 0) is 0 Å². The third kappa shape index (κ3) is 2.71. The van der Waals surface area contributed by atoms with E-state index in [9.17, 15) is 0 Å². The van der Waals surface area contributed by atoms with Gasteiger partial charge in [0, 0.05) is 6.20 Å². The average molecular weight is 246 g/mol. The van der Waals surface area contributed by atoms with Crippen LogP contribution in [0.2, 0.25) is 5.02 Å². The Morgan fingerprint density at radius 1 is 1.35 bits per heavy atom. The Balaban J connectivity index is 2.31. The van der Waals surface area contributed by atoms with Crippen LogP contribution in [0.4, 0.5) is 0 Å². The molecule has 2 aromatic rings. The lowest BCUT2D eigenvalue weighted by Crippen LogP contribution is -1.94. The predicted octanol–water partition coefficient (Wildman–Crippen LogP) is 3.10. The van der Waals surface area contributed by atoms with Crippen molar-refractivity contribution in [3.63, 3.8) is 0 Å². The minimum Gasteiger partial charge on any atom is -0.423 e. The summed E-state index contributed by atoms with van der Waals surface area (Å²) in [5.74, 6) is 0.474. The third-order valence-electron chi connectivity index (χ3n) is 2.04. The van der Waals surface area contributed by atoms with Crippen LogP contribution in [0.25, 0.3) is 0 Å².